The molecule has 0 unspecified atom stereocenters. The van der Waals surface area contributed by atoms with E-state index in [0.29, 0.717) is 66.2 Å². The second-order valence-electron chi connectivity index (χ2n) is 9.47. The summed E-state index contributed by atoms with van der Waals surface area (Å²) in [6.45, 7) is 2.53. The predicted octanol–water partition coefficient (Wildman–Crippen LogP) is 5.48. The van der Waals surface area contributed by atoms with Crippen molar-refractivity contribution in [2.24, 2.45) is 0 Å². The van der Waals surface area contributed by atoms with Crippen molar-refractivity contribution in [3.63, 3.8) is 0 Å². The highest BCUT2D eigenvalue weighted by atomic mass is 35.5. The number of aromatic nitrogens is 1. The highest BCUT2D eigenvalue weighted by Gasteiger charge is 2.26. The summed E-state index contributed by atoms with van der Waals surface area (Å²) < 4.78 is 22.1. The van der Waals surface area contributed by atoms with Crippen molar-refractivity contribution in [3.05, 3.63) is 82.6 Å². The number of nitrogens with zero attached hydrogens (tertiary/aromatic N) is 3. The van der Waals surface area contributed by atoms with E-state index in [1.165, 1.54) is 0 Å². The van der Waals surface area contributed by atoms with E-state index < -0.39 is 0 Å². The molecule has 1 aliphatic rings. The Morgan fingerprint density at radius 1 is 0.800 bits per heavy atom. The van der Waals surface area contributed by atoms with Gasteiger partial charge in [0.15, 0.2) is 23.0 Å². The van der Waals surface area contributed by atoms with Crippen LogP contribution in [-0.2, 0) is 6.42 Å². The number of benzene rings is 3. The van der Waals surface area contributed by atoms with Crippen LogP contribution in [0.4, 0.5) is 5.69 Å². The van der Waals surface area contributed by atoms with Crippen LogP contribution < -0.4 is 23.8 Å². The van der Waals surface area contributed by atoms with Crippen molar-refractivity contribution in [1.82, 2.24) is 9.88 Å². The first-order valence-corrected chi connectivity index (χ1v) is 13.4. The van der Waals surface area contributed by atoms with Gasteiger partial charge in [-0.15, -0.1) is 0 Å². The van der Waals surface area contributed by atoms with E-state index in [9.17, 15) is 4.79 Å². The molecule has 1 amide bonds. The van der Waals surface area contributed by atoms with Gasteiger partial charge in [-0.3, -0.25) is 9.78 Å². The smallest absolute Gasteiger partial charge is 0.256 e. The molecule has 1 aromatic heterocycles. The number of piperazine rings is 1. The van der Waals surface area contributed by atoms with E-state index >= 15 is 0 Å². The zero-order chi connectivity index (χ0) is 28.2. The van der Waals surface area contributed by atoms with Crippen LogP contribution in [0.5, 0.6) is 23.0 Å². The van der Waals surface area contributed by atoms with Crippen LogP contribution in [-0.4, -0.2) is 70.4 Å². The largest absolute Gasteiger partial charge is 0.493 e. The molecular weight excluding hydrogens is 530 g/mol. The number of carbonyl (C=O) groups excluding carboxylic acids is 1. The van der Waals surface area contributed by atoms with Crippen molar-refractivity contribution >= 4 is 34.0 Å². The first-order valence-electron chi connectivity index (χ1n) is 13.0. The topological polar surface area (TPSA) is 73.4 Å². The second kappa shape index (κ2) is 11.9. The van der Waals surface area contributed by atoms with Crippen LogP contribution >= 0.6 is 11.6 Å². The Balaban J connectivity index is 1.48. The summed E-state index contributed by atoms with van der Waals surface area (Å²) in [4.78, 5) is 22.7. The summed E-state index contributed by atoms with van der Waals surface area (Å²) in [7, 11) is 6.41. The Bertz CT molecular complexity index is 1540. The van der Waals surface area contributed by atoms with Crippen LogP contribution in [0.2, 0.25) is 5.02 Å². The summed E-state index contributed by atoms with van der Waals surface area (Å²) >= 11 is 6.41. The molecule has 0 spiro atoms. The molecule has 8 nitrogen and oxygen atoms in total. The molecule has 3 aromatic carbocycles. The van der Waals surface area contributed by atoms with E-state index in [0.717, 1.165) is 27.7 Å². The summed E-state index contributed by atoms with van der Waals surface area (Å²) in [5.74, 6) is 2.36. The molecule has 2 heterocycles. The van der Waals surface area contributed by atoms with Crippen molar-refractivity contribution in [2.45, 2.75) is 6.42 Å². The molecule has 0 bridgehead atoms. The maximum absolute atomic E-state index is 13.8. The molecule has 4 aromatic rings. The van der Waals surface area contributed by atoms with Gasteiger partial charge in [0.25, 0.3) is 5.91 Å². The van der Waals surface area contributed by atoms with Gasteiger partial charge in [-0.25, -0.2) is 0 Å². The van der Waals surface area contributed by atoms with Crippen LogP contribution in [0, 0.1) is 0 Å². The Morgan fingerprint density at radius 2 is 1.43 bits per heavy atom. The molecule has 9 heteroatoms. The third-order valence-electron chi connectivity index (χ3n) is 7.28. The maximum atomic E-state index is 13.8. The summed E-state index contributed by atoms with van der Waals surface area (Å²) in [6.07, 6.45) is 2.20. The molecule has 1 fully saturated rings. The lowest BCUT2D eigenvalue weighted by Gasteiger charge is -2.36. The van der Waals surface area contributed by atoms with Crippen LogP contribution in [0.25, 0.3) is 10.8 Å². The molecule has 0 atom stereocenters. The van der Waals surface area contributed by atoms with Gasteiger partial charge < -0.3 is 28.7 Å². The molecule has 1 saturated heterocycles. The molecule has 0 saturated carbocycles. The lowest BCUT2D eigenvalue weighted by Crippen LogP contribution is -2.49. The zero-order valence-electron chi connectivity index (χ0n) is 23.1. The Labute approximate surface area is 239 Å². The zero-order valence-corrected chi connectivity index (χ0v) is 23.8. The number of carbonyl (C=O) groups is 1. The van der Waals surface area contributed by atoms with Gasteiger partial charge in [-0.2, -0.15) is 0 Å². The third kappa shape index (κ3) is 5.31. The Kier molecular flexibility index (Phi) is 8.16. The fourth-order valence-electron chi connectivity index (χ4n) is 5.15. The molecular formula is C31H32ClN3O5. The lowest BCUT2D eigenvalue weighted by atomic mass is 9.99. The number of para-hydroxylation sites is 1. The summed E-state index contributed by atoms with van der Waals surface area (Å²) in [6, 6.07) is 17.3. The van der Waals surface area contributed by atoms with E-state index in [1.54, 1.807) is 34.6 Å². The Hall–Kier alpha value is -4.17. The number of fused-ring (bicyclic) bond motifs is 1. The standard InChI is InChI=1S/C31H32ClN3O5/c1-37-27-10-9-20(16-28(27)38-2)15-25-22-18-30(40-4)29(39-3)17-21(22)23(19-33-25)31(36)35-13-11-34(12-14-35)26-8-6-5-7-24(26)32/h5-10,16-19H,11-15H2,1-4H3. The number of ether oxygens (including phenoxy) is 4. The van der Waals surface area contributed by atoms with Gasteiger partial charge in [0.2, 0.25) is 0 Å². The van der Waals surface area contributed by atoms with Crippen molar-refractivity contribution < 1.29 is 23.7 Å². The lowest BCUT2D eigenvalue weighted by molar-refractivity contribution is 0.0748. The van der Waals surface area contributed by atoms with Crippen molar-refractivity contribution in [2.75, 3.05) is 59.5 Å². The normalized spacial score (nSPS) is 13.3. The molecule has 0 radical (unpaired) electrons. The van der Waals surface area contributed by atoms with Gasteiger partial charge in [0, 0.05) is 49.6 Å². The van der Waals surface area contributed by atoms with Crippen molar-refractivity contribution in [1.29, 1.82) is 0 Å². The fraction of sp³-hybridized carbons (Fsp3) is 0.290. The number of amides is 1. The minimum absolute atomic E-state index is 0.0683. The van der Waals surface area contributed by atoms with E-state index in [4.69, 9.17) is 35.5 Å². The van der Waals surface area contributed by atoms with E-state index in [2.05, 4.69) is 4.90 Å². The van der Waals surface area contributed by atoms with Crippen LogP contribution in [0.15, 0.2) is 60.8 Å². The fourth-order valence-corrected chi connectivity index (χ4v) is 5.40. The summed E-state index contributed by atoms with van der Waals surface area (Å²) in [5, 5.41) is 2.30. The third-order valence-corrected chi connectivity index (χ3v) is 7.60. The minimum atomic E-state index is -0.0683. The Morgan fingerprint density at radius 3 is 2.08 bits per heavy atom. The van der Waals surface area contributed by atoms with Crippen molar-refractivity contribution in [3.8, 4) is 23.0 Å². The molecule has 40 heavy (non-hydrogen) atoms. The maximum Gasteiger partial charge on any atom is 0.256 e. The number of rotatable bonds is 8. The molecule has 208 valence electrons. The molecule has 0 N–H and O–H groups in total. The highest BCUT2D eigenvalue weighted by molar-refractivity contribution is 6.33. The van der Waals surface area contributed by atoms with Crippen LogP contribution in [0.3, 0.4) is 0 Å². The number of hydrogen-bond acceptors (Lipinski definition) is 7. The summed E-state index contributed by atoms with van der Waals surface area (Å²) in [5.41, 5.74) is 3.32. The first kappa shape index (κ1) is 27.4. The number of anilines is 1. The number of hydrogen-bond donors (Lipinski definition) is 0. The van der Waals surface area contributed by atoms with Crippen LogP contribution in [0.1, 0.15) is 21.6 Å². The first-order chi connectivity index (χ1) is 19.5. The van der Waals surface area contributed by atoms with E-state index in [1.807, 2.05) is 59.5 Å². The molecule has 1 aliphatic heterocycles. The minimum Gasteiger partial charge on any atom is -0.493 e. The highest BCUT2D eigenvalue weighted by Crippen LogP contribution is 2.37. The predicted molar refractivity (Wildman–Crippen MR) is 157 cm³/mol. The van der Waals surface area contributed by atoms with Gasteiger partial charge >= 0.3 is 0 Å². The number of methoxy groups -OCH3 is 4. The van der Waals surface area contributed by atoms with E-state index in [-0.39, 0.29) is 5.91 Å². The second-order valence-corrected chi connectivity index (χ2v) is 9.88. The van der Waals surface area contributed by atoms with Gasteiger partial charge in [0.05, 0.1) is 50.4 Å². The average Bonchev–Trinajstić information content (AvgIpc) is 3.00. The van der Waals surface area contributed by atoms with Gasteiger partial charge in [-0.1, -0.05) is 29.8 Å². The molecule has 0 aliphatic carbocycles. The monoisotopic (exact) mass is 561 g/mol. The SMILES string of the molecule is COc1ccc(Cc2ncc(C(=O)N3CCN(c4ccccc4Cl)CC3)c3cc(OC)c(OC)cc23)cc1OC. The van der Waals surface area contributed by atoms with Gasteiger partial charge in [0.1, 0.15) is 0 Å². The quantitative estimate of drug-likeness (QED) is 0.282. The average molecular weight is 562 g/mol. The number of pyridine rings is 1. The molecule has 5 rings (SSSR count). The van der Waals surface area contributed by atoms with Gasteiger partial charge in [-0.05, 0) is 42.0 Å². The number of halogens is 1.